The Morgan fingerprint density at radius 3 is 2.13 bits per heavy atom. The highest BCUT2D eigenvalue weighted by Gasteiger charge is 2.61. The van der Waals surface area contributed by atoms with Gasteiger partial charge in [0.25, 0.3) is 0 Å². The molecule has 0 aliphatic carbocycles. The quantitative estimate of drug-likeness (QED) is 0.230. The molecule has 0 radical (unpaired) electrons. The predicted molar refractivity (Wildman–Crippen MR) is 225 cm³/mol. The molecule has 2 amide bonds. The summed E-state index contributed by atoms with van der Waals surface area (Å²) in [5.74, 6) is -1.87. The van der Waals surface area contributed by atoms with Crippen LogP contribution in [0.1, 0.15) is 108 Å². The van der Waals surface area contributed by atoms with Gasteiger partial charge in [0.1, 0.15) is 17.8 Å². The van der Waals surface area contributed by atoms with Crippen molar-refractivity contribution in [2.24, 2.45) is 29.6 Å². The van der Waals surface area contributed by atoms with Gasteiger partial charge in [0.05, 0.1) is 42.0 Å². The van der Waals surface area contributed by atoms with E-state index < -0.39 is 89.9 Å². The maximum absolute atomic E-state index is 14.8. The van der Waals surface area contributed by atoms with Gasteiger partial charge in [0.2, 0.25) is 0 Å². The fourth-order valence-electron chi connectivity index (χ4n) is 11.6. The number of hydrogen-bond donors (Lipinski definition) is 1. The number of likely N-dealkylation sites (N-methyl/N-ethyl adjacent to an activating group) is 1. The van der Waals surface area contributed by atoms with Gasteiger partial charge in [0, 0.05) is 53.2 Å². The topological polar surface area (TPSA) is 164 Å². The van der Waals surface area contributed by atoms with Crippen LogP contribution in [0.3, 0.4) is 0 Å². The molecule has 5 aliphatic heterocycles. The van der Waals surface area contributed by atoms with Crippen molar-refractivity contribution < 1.29 is 62.1 Å². The van der Waals surface area contributed by atoms with E-state index in [1.54, 1.807) is 42.2 Å². The van der Waals surface area contributed by atoms with E-state index >= 15 is 0 Å². The number of aliphatic hydroxyl groups excluding tert-OH is 1. The Balaban J connectivity index is 1.63. The maximum Gasteiger partial charge on any atom is 0.410 e. The van der Waals surface area contributed by atoms with Gasteiger partial charge in [-0.3, -0.25) is 4.79 Å². The average molecular weight is 870 g/mol. The molecule has 0 saturated carbocycles. The lowest BCUT2D eigenvalue weighted by molar-refractivity contribution is -0.319. The molecule has 0 aromatic rings. The molecule has 5 saturated heterocycles. The zero-order valence-corrected chi connectivity index (χ0v) is 39.9. The van der Waals surface area contributed by atoms with Crippen molar-refractivity contribution in [3.63, 3.8) is 0 Å². The lowest BCUT2D eigenvalue weighted by Gasteiger charge is -2.50. The normalized spacial score (nSPS) is 46.3. The second-order valence-electron chi connectivity index (χ2n) is 20.0. The first-order chi connectivity index (χ1) is 28.5. The van der Waals surface area contributed by atoms with Crippen LogP contribution in [0.25, 0.3) is 0 Å². The van der Waals surface area contributed by atoms with Crippen molar-refractivity contribution in [2.75, 3.05) is 49.0 Å². The van der Waals surface area contributed by atoms with Crippen LogP contribution in [0.15, 0.2) is 0 Å². The third kappa shape index (κ3) is 9.86. The molecule has 5 heterocycles. The van der Waals surface area contributed by atoms with Gasteiger partial charge < -0.3 is 62.4 Å². The van der Waals surface area contributed by atoms with Crippen LogP contribution in [0.2, 0.25) is 0 Å². The summed E-state index contributed by atoms with van der Waals surface area (Å²) in [6.45, 7) is 20.2. The molecule has 5 fully saturated rings. The molecule has 16 heteroatoms. The first-order valence-electron chi connectivity index (χ1n) is 22.6. The van der Waals surface area contributed by atoms with E-state index in [1.165, 1.54) is 4.90 Å². The van der Waals surface area contributed by atoms with Gasteiger partial charge >= 0.3 is 18.2 Å². The maximum atomic E-state index is 14.8. The number of carbonyl (C=O) groups is 3. The third-order valence-corrected chi connectivity index (χ3v) is 15.1. The Morgan fingerprint density at radius 2 is 1.54 bits per heavy atom. The van der Waals surface area contributed by atoms with Crippen LogP contribution in [0, 0.1) is 29.6 Å². The largest absolute Gasteiger partial charge is 0.458 e. The average Bonchev–Trinajstić information content (AvgIpc) is 3.32. The Labute approximate surface area is 364 Å². The monoisotopic (exact) mass is 870 g/mol. The predicted octanol–water partition coefficient (Wildman–Crippen LogP) is 5.45. The molecule has 61 heavy (non-hydrogen) atoms. The van der Waals surface area contributed by atoms with Crippen LogP contribution < -0.4 is 0 Å². The number of amides is 2. The van der Waals surface area contributed by atoms with Crippen molar-refractivity contribution >= 4 is 18.2 Å². The Kier molecular flexibility index (Phi) is 15.8. The van der Waals surface area contributed by atoms with Crippen molar-refractivity contribution in [3.05, 3.63) is 0 Å². The van der Waals surface area contributed by atoms with E-state index in [0.717, 1.165) is 12.8 Å². The van der Waals surface area contributed by atoms with Gasteiger partial charge in [-0.2, -0.15) is 0 Å². The molecular weight excluding hydrogens is 791 g/mol. The molecule has 1 N–H and O–H groups in total. The Bertz CT molecular complexity index is 1520. The van der Waals surface area contributed by atoms with Crippen LogP contribution in [0.4, 0.5) is 9.59 Å². The zero-order valence-electron chi connectivity index (χ0n) is 39.9. The lowest BCUT2D eigenvalue weighted by atomic mass is 9.68. The summed E-state index contributed by atoms with van der Waals surface area (Å²) in [6, 6.07) is -0.576. The summed E-state index contributed by atoms with van der Waals surface area (Å²) in [7, 11) is 10.3. The van der Waals surface area contributed by atoms with E-state index in [-0.39, 0.29) is 48.5 Å². The first-order valence-corrected chi connectivity index (χ1v) is 22.6. The molecule has 17 unspecified atom stereocenters. The fourth-order valence-corrected chi connectivity index (χ4v) is 11.6. The van der Waals surface area contributed by atoms with E-state index in [0.29, 0.717) is 25.8 Å². The number of cyclic esters (lactones) is 1. The highest BCUT2D eigenvalue weighted by molar-refractivity contribution is 5.74. The zero-order chi connectivity index (χ0) is 45.5. The number of carbonyl (C=O) groups excluding carboxylic acids is 3. The Hall–Kier alpha value is -2.31. The van der Waals surface area contributed by atoms with E-state index in [4.69, 9.17) is 42.6 Å². The summed E-state index contributed by atoms with van der Waals surface area (Å²) in [4.78, 5) is 46.5. The van der Waals surface area contributed by atoms with E-state index in [2.05, 4.69) is 13.8 Å². The number of fused-ring (bicyclic) bond motifs is 1. The fraction of sp³-hybridized carbons (Fsp3) is 0.933. The summed E-state index contributed by atoms with van der Waals surface area (Å²) in [5, 5.41) is 11.8. The minimum absolute atomic E-state index is 0.0115. The summed E-state index contributed by atoms with van der Waals surface area (Å²) in [6.07, 6.45) is -4.59. The van der Waals surface area contributed by atoms with Crippen LogP contribution >= 0.6 is 0 Å². The van der Waals surface area contributed by atoms with Crippen molar-refractivity contribution in [3.8, 4) is 0 Å². The smallest absolute Gasteiger partial charge is 0.410 e. The molecule has 19 atom stereocenters. The third-order valence-electron chi connectivity index (χ3n) is 15.1. The lowest BCUT2D eigenvalue weighted by Crippen LogP contribution is -2.62. The second kappa shape index (κ2) is 19.4. The van der Waals surface area contributed by atoms with Crippen molar-refractivity contribution in [1.82, 2.24) is 14.7 Å². The van der Waals surface area contributed by atoms with Gasteiger partial charge in [-0.05, 0) is 105 Å². The second-order valence-corrected chi connectivity index (χ2v) is 20.0. The molecule has 0 aromatic heterocycles. The summed E-state index contributed by atoms with van der Waals surface area (Å²) < 4.78 is 58.4. The summed E-state index contributed by atoms with van der Waals surface area (Å²) >= 11 is 0. The Morgan fingerprint density at radius 1 is 0.902 bits per heavy atom. The molecule has 0 aromatic carbocycles. The number of methoxy groups -OCH3 is 2. The number of ether oxygens (including phenoxy) is 9. The molecule has 5 rings (SSSR count). The summed E-state index contributed by atoms with van der Waals surface area (Å²) in [5.41, 5.74) is -3.15. The molecular formula is C45H79N3O13. The number of nitrogens with zero attached hydrogens (tertiary/aromatic N) is 3. The van der Waals surface area contributed by atoms with Gasteiger partial charge in [-0.25, -0.2) is 9.59 Å². The first kappa shape index (κ1) is 49.7. The number of aliphatic hydroxyl groups is 1. The standard InChI is InChI=1S/C45H79N3O13/c1-17-32-45(10)36-26(4)30(19-18-20-48(36)42(52)61-45)24(2)22-43(8,53-15)37(59-40-34(49)31(46(11)12)21-25(3)55-40)27(5)35(28(6)39(50)57-32)58-33-23-44(9,54-16)38(29(7)56-33)60-41(51)47(13)14/h24-38,40,49H,17-23H2,1-16H3/t24?,25?,26?,27?,28?,29?,30-,31?,32+,33?,34?,35?,36?,37?,38?,40?,43?,44?,45?/m0/s1. The van der Waals surface area contributed by atoms with E-state index in [9.17, 15) is 19.5 Å². The van der Waals surface area contributed by atoms with Gasteiger partial charge in [-0.1, -0.05) is 27.7 Å². The molecule has 16 nitrogen and oxygen atoms in total. The number of hydrogen-bond acceptors (Lipinski definition) is 14. The minimum atomic E-state index is -1.11. The SMILES string of the molecule is CC[C@H]1OC(=O)C(C)C(OC2CC(C)(OC)C(OC(=O)N(C)C)C(C)O2)C(C)C(OC2OC(C)CC(N(C)C)C2O)C(C)(OC)CC(C)[C@@H]2CCCN3C(=O)OC1(C)C3C2C. The van der Waals surface area contributed by atoms with Crippen molar-refractivity contribution in [1.29, 1.82) is 0 Å². The molecule has 2 bridgehead atoms. The highest BCUT2D eigenvalue weighted by Crippen LogP contribution is 2.49. The highest BCUT2D eigenvalue weighted by atomic mass is 16.7. The van der Waals surface area contributed by atoms with E-state index in [1.807, 2.05) is 65.4 Å². The number of rotatable bonds is 9. The number of esters is 1. The molecule has 0 spiro atoms. The van der Waals surface area contributed by atoms with Crippen molar-refractivity contribution in [2.45, 2.75) is 192 Å². The minimum Gasteiger partial charge on any atom is -0.458 e. The van der Waals surface area contributed by atoms with Gasteiger partial charge in [0.15, 0.2) is 24.3 Å². The van der Waals surface area contributed by atoms with Crippen LogP contribution in [0.5, 0.6) is 0 Å². The van der Waals surface area contributed by atoms with Crippen LogP contribution in [-0.4, -0.2) is 171 Å². The van der Waals surface area contributed by atoms with Gasteiger partial charge in [-0.15, -0.1) is 0 Å². The molecule has 352 valence electrons. The molecule has 5 aliphatic rings. The van der Waals surface area contributed by atoms with Crippen LogP contribution in [-0.2, 0) is 47.4 Å².